The molecule has 4 saturated heterocycles. The van der Waals surface area contributed by atoms with Crippen molar-refractivity contribution in [2.75, 3.05) is 49.4 Å². The molecule has 0 saturated carbocycles. The Morgan fingerprint density at radius 2 is 0.612 bits per heavy atom. The molecule has 33 unspecified atom stereocenters. The van der Waals surface area contributed by atoms with Gasteiger partial charge in [0.15, 0.2) is 25.2 Å². The molecule has 0 radical (unpaired) electrons. The number of aliphatic hydroxyl groups excluding tert-OH is 10. The summed E-state index contributed by atoms with van der Waals surface area (Å²) in [6.45, 7) is 7.91. The smallest absolute Gasteiger partial charge is 0.327 e. The van der Waals surface area contributed by atoms with Gasteiger partial charge in [0.1, 0.15) is 176 Å². The Kier molecular flexibility index (Phi) is 47.8. The number of amides is 14. The monoisotopic (exact) mass is 1970 g/mol. The van der Waals surface area contributed by atoms with Crippen LogP contribution in [-0.2, 0) is 129 Å². The van der Waals surface area contributed by atoms with Crippen molar-refractivity contribution in [3.05, 3.63) is 0 Å². The third-order valence-corrected chi connectivity index (χ3v) is 23.0. The van der Waals surface area contributed by atoms with Gasteiger partial charge in [-0.1, -0.05) is 0 Å². The normalized spacial score (nSPS) is 27.9. The van der Waals surface area contributed by atoms with Crippen LogP contribution in [0.25, 0.3) is 0 Å². The lowest BCUT2D eigenvalue weighted by Crippen LogP contribution is -2.70. The van der Waals surface area contributed by atoms with Crippen molar-refractivity contribution in [1.29, 1.82) is 0 Å². The Morgan fingerprint density at radius 3 is 0.918 bits per heavy atom. The largest absolute Gasteiger partial charge is 0.480 e. The number of aliphatic hydroxyl groups is 10. The number of carbonyl (C=O) groups excluding carboxylic acids is 14. The van der Waals surface area contributed by atoms with Crippen molar-refractivity contribution in [1.82, 2.24) is 74.4 Å². The molecule has 0 aliphatic carbocycles. The lowest BCUT2D eigenvalue weighted by atomic mass is 9.94. The number of hydrogen-bond acceptors (Lipinski definition) is 40. The molecule has 0 aromatic heterocycles. The summed E-state index contributed by atoms with van der Waals surface area (Å²) < 4.78 is 46.5. The fourth-order valence-corrected chi connectivity index (χ4v) is 15.4. The lowest BCUT2D eigenvalue weighted by Gasteiger charge is -2.48. The molecule has 4 aliphatic heterocycles. The van der Waals surface area contributed by atoms with Crippen molar-refractivity contribution in [2.45, 2.75) is 303 Å². The van der Waals surface area contributed by atoms with Gasteiger partial charge in [-0.25, -0.2) is 14.4 Å². The quantitative estimate of drug-likeness (QED) is 0.0269. The molecule has 4 heterocycles. The van der Waals surface area contributed by atoms with E-state index < -0.39 is 389 Å². The molecule has 59 heteroatoms. The molecule has 57 nitrogen and oxygen atoms in total. The number of rotatable bonds is 53. The summed E-state index contributed by atoms with van der Waals surface area (Å²) in [5.74, 6) is -25.3. The van der Waals surface area contributed by atoms with Crippen molar-refractivity contribution in [3.8, 4) is 0 Å². The van der Waals surface area contributed by atoms with E-state index in [-0.39, 0.29) is 0 Å². The fraction of sp³-hybridized carbons (Fsp3) is 0.747. The van der Waals surface area contributed by atoms with E-state index in [1.807, 2.05) is 0 Å². The molecule has 0 spiro atoms. The topological polar surface area (TPSA) is 896 Å². The molecule has 0 aromatic carbocycles. The molecule has 0 aromatic rings. The molecular formula is C75H121N15O42S2. The highest BCUT2D eigenvalue weighted by Gasteiger charge is 2.56. The van der Waals surface area contributed by atoms with Crippen LogP contribution in [0.2, 0.25) is 0 Å². The number of hydrogen-bond donors (Lipinski definition) is 30. The van der Waals surface area contributed by atoms with Gasteiger partial charge in [-0.15, -0.1) is 0 Å². The van der Waals surface area contributed by atoms with E-state index in [9.17, 15) is 168 Å². The van der Waals surface area contributed by atoms with Crippen LogP contribution in [0.15, 0.2) is 0 Å². The van der Waals surface area contributed by atoms with Crippen molar-refractivity contribution in [2.24, 2.45) is 5.73 Å². The Labute approximate surface area is 771 Å². The second-order valence-corrected chi connectivity index (χ2v) is 33.7. The molecule has 14 amide bonds. The maximum atomic E-state index is 14.0. The number of nitrogens with one attached hydrogen (secondary N) is 14. The van der Waals surface area contributed by atoms with Gasteiger partial charge in [-0.05, 0) is 61.3 Å². The average Bonchev–Trinajstić information content (AvgIpc) is 0.774. The van der Waals surface area contributed by atoms with Crippen LogP contribution in [0.3, 0.4) is 0 Å². The van der Waals surface area contributed by atoms with Gasteiger partial charge in [0.2, 0.25) is 82.7 Å². The van der Waals surface area contributed by atoms with E-state index in [4.69, 9.17) is 43.6 Å². The second-order valence-electron chi connectivity index (χ2n) is 31.5. The molecule has 0 bridgehead atoms. The summed E-state index contributed by atoms with van der Waals surface area (Å²) in [4.78, 5) is 247. The zero-order valence-corrected chi connectivity index (χ0v) is 75.8. The Morgan fingerprint density at radius 1 is 0.321 bits per heavy atom. The first-order chi connectivity index (χ1) is 62.6. The minimum Gasteiger partial charge on any atom is -0.480 e. The average molecular weight is 1970 g/mol. The SMILES string of the molecule is CC(=O)NC1C(OC2C(CO)OC(O)C(NC(C)=O)C2OC(C)C(=O)NC(C)C(=O)NC(CCC(=O)NC(CSCC(NC(=O)C(C)NC(=O)C(CSCC(N)C(=O)O)NC(=O)CCC(NC(=O)C(C)NC(=O)C(C)OC2C(NC(C)=O)C(O)OC(CO)C2OC2OC(CO)C(O)C(O)C2NC(C)=O)C(=O)O)C(=O)O)C(=O)NC(C)C(=O)NC(C)C(=O)O)C(=O)O)OC(CO)C(O)C1O. The summed E-state index contributed by atoms with van der Waals surface area (Å²) in [5.41, 5.74) is 5.64. The van der Waals surface area contributed by atoms with Crippen molar-refractivity contribution < 1.29 is 206 Å². The van der Waals surface area contributed by atoms with Crippen LogP contribution < -0.4 is 80.2 Å². The van der Waals surface area contributed by atoms with Gasteiger partial charge in [-0.2, -0.15) is 23.5 Å². The second kappa shape index (κ2) is 55.2. The van der Waals surface area contributed by atoms with Gasteiger partial charge < -0.3 is 195 Å². The molecule has 760 valence electrons. The van der Waals surface area contributed by atoms with Gasteiger partial charge >= 0.3 is 29.8 Å². The maximum absolute atomic E-state index is 14.0. The van der Waals surface area contributed by atoms with Gasteiger partial charge in [-0.3, -0.25) is 76.7 Å². The number of carbonyl (C=O) groups is 19. The lowest BCUT2D eigenvalue weighted by molar-refractivity contribution is -0.333. The summed E-state index contributed by atoms with van der Waals surface area (Å²) in [6.07, 6.45) is -35.0. The van der Waals surface area contributed by atoms with E-state index in [2.05, 4.69) is 74.4 Å². The summed E-state index contributed by atoms with van der Waals surface area (Å²) in [7, 11) is 0. The van der Waals surface area contributed by atoms with Gasteiger partial charge in [0.25, 0.3) is 0 Å². The van der Waals surface area contributed by atoms with Crippen molar-refractivity contribution in [3.63, 3.8) is 0 Å². The molecule has 134 heavy (non-hydrogen) atoms. The van der Waals surface area contributed by atoms with Gasteiger partial charge in [0, 0.05) is 63.5 Å². The summed E-state index contributed by atoms with van der Waals surface area (Å²) in [5, 5.41) is 187. The zero-order valence-electron chi connectivity index (χ0n) is 74.2. The van der Waals surface area contributed by atoms with E-state index in [1.165, 1.54) is 0 Å². The molecule has 4 fully saturated rings. The van der Waals surface area contributed by atoms with E-state index in [0.29, 0.717) is 23.5 Å². The molecular weight excluding hydrogens is 1850 g/mol. The number of aliphatic carboxylic acids is 5. The van der Waals surface area contributed by atoms with Crippen molar-refractivity contribution >= 4 is 136 Å². The van der Waals surface area contributed by atoms with Crippen LogP contribution in [-0.4, -0.2) is 440 Å². The summed E-state index contributed by atoms with van der Waals surface area (Å²) in [6, 6.07) is -25.6. The predicted molar refractivity (Wildman–Crippen MR) is 447 cm³/mol. The fourth-order valence-electron chi connectivity index (χ4n) is 13.3. The third-order valence-electron chi connectivity index (χ3n) is 20.6. The zero-order chi connectivity index (χ0) is 101. The Bertz CT molecular complexity index is 4080. The molecule has 31 N–H and O–H groups in total. The highest BCUT2D eigenvalue weighted by molar-refractivity contribution is 7.99. The first-order valence-corrected chi connectivity index (χ1v) is 43.8. The molecule has 33 atom stereocenters. The summed E-state index contributed by atoms with van der Waals surface area (Å²) >= 11 is 1.24. The highest BCUT2D eigenvalue weighted by atomic mass is 32.2. The van der Waals surface area contributed by atoms with E-state index in [1.54, 1.807) is 0 Å². The maximum Gasteiger partial charge on any atom is 0.327 e. The number of carboxylic acids is 5. The standard InChI is InChI=1S/C75H121N15O42S2/c1-24(59(105)81-28(5)67(113)114)79-66(112)39(87-46(100)15-13-37(70(119)120)89-61(107)26(3)78-64(110)30(7)126-58-50(85-34(11)98)73(124)128-44(19-94)56(58)132-75-48(83-32(9)96)54(104)52(102)42(17-92)130-75)22-134-23-40(71(121)122)90-62(108)27(4)80-65(111)38(21-133-20-35(76)68(115)116)86-45(99)14-12-36(69(117)118)88-60(106)25(2)77-63(109)29(6)125-57-49(84-33(10)97)72(123)127-43(18-93)55(57)131-74-47(82-31(8)95)53(103)51(101)41(16-91)129-74/h24-30,35-44,47-58,72-75,91-94,101-104,123-124H,12-23,76H2,1-11H3,(H,77,109)(H,78,110)(H,79,112)(H,80,111)(H,81,105)(H,82,95)(H,83,96)(H,84,97)(H,85,98)(H,86,99)(H,87,100)(H,88,106)(H,89,107)(H,90,108)(H,113,114)(H,115,116)(H,117,118)(H,119,120)(H,121,122). The number of carboxylic acid groups (broad SMARTS) is 5. The first-order valence-electron chi connectivity index (χ1n) is 41.5. The Balaban J connectivity index is 1.45. The minimum atomic E-state index is -2.01. The first kappa shape index (κ1) is 116. The van der Waals surface area contributed by atoms with E-state index in [0.717, 1.165) is 76.2 Å². The van der Waals surface area contributed by atoms with Crippen LogP contribution in [0.4, 0.5) is 0 Å². The van der Waals surface area contributed by atoms with Crippen LogP contribution in [0, 0.1) is 0 Å². The molecule has 4 rings (SSSR count). The third kappa shape index (κ3) is 35.5. The van der Waals surface area contributed by atoms with Gasteiger partial charge in [0.05, 0.1) is 26.4 Å². The van der Waals surface area contributed by atoms with E-state index >= 15 is 0 Å². The Hall–Kier alpha value is -10.1. The van der Waals surface area contributed by atoms with Crippen LogP contribution in [0.1, 0.15) is 102 Å². The molecule has 4 aliphatic rings. The van der Waals surface area contributed by atoms with Crippen LogP contribution >= 0.6 is 23.5 Å². The number of nitrogens with two attached hydrogens (primary N) is 1. The van der Waals surface area contributed by atoms with Crippen LogP contribution in [0.5, 0.6) is 0 Å². The number of thioether (sulfide) groups is 2. The highest BCUT2D eigenvalue weighted by Crippen LogP contribution is 2.34. The number of ether oxygens (including phenoxy) is 8. The minimum absolute atomic E-state index is 0.398. The predicted octanol–water partition coefficient (Wildman–Crippen LogP) is -15.7.